The summed E-state index contributed by atoms with van der Waals surface area (Å²) in [5, 5.41) is 19.3. The quantitative estimate of drug-likeness (QED) is 0.546. The van der Waals surface area contributed by atoms with E-state index in [9.17, 15) is 5.11 Å². The van der Waals surface area contributed by atoms with Gasteiger partial charge in [-0.15, -0.1) is 0 Å². The number of aliphatic hydroxyl groups is 1. The molecule has 0 spiro atoms. The van der Waals surface area contributed by atoms with Crippen molar-refractivity contribution in [2.24, 2.45) is 0 Å². The summed E-state index contributed by atoms with van der Waals surface area (Å²) in [5.74, 6) is 0.717. The predicted octanol–water partition coefficient (Wildman–Crippen LogP) is 3.90. The zero-order valence-corrected chi connectivity index (χ0v) is 18.9. The van der Waals surface area contributed by atoms with E-state index in [2.05, 4.69) is 76.5 Å². The van der Waals surface area contributed by atoms with Crippen molar-refractivity contribution in [2.75, 3.05) is 39.3 Å². The van der Waals surface area contributed by atoms with Crippen LogP contribution in [0, 0.1) is 11.3 Å². The summed E-state index contributed by atoms with van der Waals surface area (Å²) in [5.41, 5.74) is 3.59. The Balaban J connectivity index is 1.29. The molecular formula is C28H31N3O2. The van der Waals surface area contributed by atoms with Gasteiger partial charge in [0.15, 0.2) is 0 Å². The highest BCUT2D eigenvalue weighted by Crippen LogP contribution is 2.29. The molecule has 1 N–H and O–H groups in total. The van der Waals surface area contributed by atoms with Crippen LogP contribution in [0.3, 0.4) is 0 Å². The summed E-state index contributed by atoms with van der Waals surface area (Å²) in [6.45, 7) is 4.58. The highest BCUT2D eigenvalue weighted by molar-refractivity contribution is 5.32. The minimum atomic E-state index is -0.547. The normalized spacial score (nSPS) is 15.8. The molecule has 1 aliphatic rings. The molecule has 1 atom stereocenters. The van der Waals surface area contributed by atoms with Gasteiger partial charge in [0, 0.05) is 32.7 Å². The van der Waals surface area contributed by atoms with E-state index in [4.69, 9.17) is 10.00 Å². The number of nitrogens with zero attached hydrogens (tertiary/aromatic N) is 3. The average molecular weight is 442 g/mol. The highest BCUT2D eigenvalue weighted by atomic mass is 16.5. The van der Waals surface area contributed by atoms with E-state index in [-0.39, 0.29) is 12.6 Å². The van der Waals surface area contributed by atoms with E-state index in [1.807, 2.05) is 24.3 Å². The summed E-state index contributed by atoms with van der Waals surface area (Å²) in [4.78, 5) is 4.85. The van der Waals surface area contributed by atoms with Gasteiger partial charge in [-0.2, -0.15) is 5.26 Å². The van der Waals surface area contributed by atoms with Gasteiger partial charge >= 0.3 is 0 Å². The number of rotatable bonds is 9. The van der Waals surface area contributed by atoms with Crippen molar-refractivity contribution in [3.8, 4) is 11.8 Å². The lowest BCUT2D eigenvalue weighted by Gasteiger charge is -2.40. The molecule has 0 saturated carbocycles. The van der Waals surface area contributed by atoms with E-state index in [1.165, 1.54) is 11.1 Å². The molecular weight excluding hydrogens is 410 g/mol. The maximum Gasteiger partial charge on any atom is 0.119 e. The fourth-order valence-corrected chi connectivity index (χ4v) is 4.43. The summed E-state index contributed by atoms with van der Waals surface area (Å²) in [6.07, 6.45) is -0.154. The van der Waals surface area contributed by atoms with Crippen LogP contribution in [0.4, 0.5) is 0 Å². The van der Waals surface area contributed by atoms with Crippen LogP contribution in [0.2, 0.25) is 0 Å². The van der Waals surface area contributed by atoms with Crippen LogP contribution in [0.15, 0.2) is 84.9 Å². The Kier molecular flexibility index (Phi) is 8.10. The summed E-state index contributed by atoms with van der Waals surface area (Å²) in [7, 11) is 0. The van der Waals surface area contributed by atoms with E-state index in [0.717, 1.165) is 31.7 Å². The minimum absolute atomic E-state index is 0.242. The Morgan fingerprint density at radius 1 is 0.818 bits per heavy atom. The van der Waals surface area contributed by atoms with Crippen molar-refractivity contribution in [3.05, 3.63) is 102 Å². The maximum absolute atomic E-state index is 10.5. The lowest BCUT2D eigenvalue weighted by Crippen LogP contribution is -2.50. The largest absolute Gasteiger partial charge is 0.491 e. The lowest BCUT2D eigenvalue weighted by atomic mass is 9.96. The number of aliphatic hydroxyl groups excluding tert-OH is 1. The van der Waals surface area contributed by atoms with Crippen LogP contribution in [-0.4, -0.2) is 60.3 Å². The van der Waals surface area contributed by atoms with Gasteiger partial charge in [-0.3, -0.25) is 9.80 Å². The van der Waals surface area contributed by atoms with E-state index in [0.29, 0.717) is 18.7 Å². The Morgan fingerprint density at radius 2 is 1.39 bits per heavy atom. The number of nitriles is 1. The molecule has 0 bridgehead atoms. The van der Waals surface area contributed by atoms with Gasteiger partial charge in [0.2, 0.25) is 0 Å². The Morgan fingerprint density at radius 3 is 1.94 bits per heavy atom. The monoisotopic (exact) mass is 441 g/mol. The van der Waals surface area contributed by atoms with Gasteiger partial charge in [-0.05, 0) is 28.8 Å². The van der Waals surface area contributed by atoms with Gasteiger partial charge in [0.25, 0.3) is 0 Å². The molecule has 5 heteroatoms. The fourth-order valence-electron chi connectivity index (χ4n) is 4.43. The SMILES string of the molecule is N#CCc1ccc(OCC(O)CN2CCN(C(c3ccccc3)c3ccccc3)CC2)cc1. The van der Waals surface area contributed by atoms with Crippen LogP contribution in [0.5, 0.6) is 5.75 Å². The second-order valence-electron chi connectivity index (χ2n) is 8.50. The molecule has 3 aromatic carbocycles. The first-order valence-corrected chi connectivity index (χ1v) is 11.6. The van der Waals surface area contributed by atoms with Crippen molar-refractivity contribution < 1.29 is 9.84 Å². The highest BCUT2D eigenvalue weighted by Gasteiger charge is 2.27. The van der Waals surface area contributed by atoms with Crippen LogP contribution in [-0.2, 0) is 6.42 Å². The fraction of sp³-hybridized carbons (Fsp3) is 0.321. The average Bonchev–Trinajstić information content (AvgIpc) is 2.86. The third kappa shape index (κ3) is 6.43. The van der Waals surface area contributed by atoms with Crippen molar-refractivity contribution in [2.45, 2.75) is 18.6 Å². The number of β-amino-alcohol motifs (C(OH)–C–C–N with tert-alkyl or cyclic N) is 1. The molecule has 1 heterocycles. The topological polar surface area (TPSA) is 59.7 Å². The first kappa shape index (κ1) is 23.0. The molecule has 3 aromatic rings. The van der Waals surface area contributed by atoms with Gasteiger partial charge in [0.05, 0.1) is 18.5 Å². The standard InChI is InChI=1S/C28H31N3O2/c29-16-15-23-11-13-27(14-12-23)33-22-26(32)21-30-17-19-31(20-18-30)28(24-7-3-1-4-8-24)25-9-5-2-6-10-25/h1-14,26,28,32H,15,17-22H2. The van der Waals surface area contributed by atoms with Gasteiger partial charge in [0.1, 0.15) is 18.5 Å². The van der Waals surface area contributed by atoms with E-state index in [1.54, 1.807) is 0 Å². The number of hydrogen-bond acceptors (Lipinski definition) is 5. The van der Waals surface area contributed by atoms with Gasteiger partial charge < -0.3 is 9.84 Å². The molecule has 0 aromatic heterocycles. The Hall–Kier alpha value is -3.17. The summed E-state index contributed by atoms with van der Waals surface area (Å²) in [6, 6.07) is 31.2. The zero-order valence-electron chi connectivity index (χ0n) is 18.9. The third-order valence-corrected chi connectivity index (χ3v) is 6.12. The summed E-state index contributed by atoms with van der Waals surface area (Å²) >= 11 is 0. The number of piperazine rings is 1. The van der Waals surface area contributed by atoms with Crippen molar-refractivity contribution >= 4 is 0 Å². The van der Waals surface area contributed by atoms with E-state index < -0.39 is 6.10 Å². The first-order valence-electron chi connectivity index (χ1n) is 11.6. The third-order valence-electron chi connectivity index (χ3n) is 6.12. The predicted molar refractivity (Wildman–Crippen MR) is 130 cm³/mol. The van der Waals surface area contributed by atoms with Crippen LogP contribution in [0.25, 0.3) is 0 Å². The summed E-state index contributed by atoms with van der Waals surface area (Å²) < 4.78 is 5.75. The van der Waals surface area contributed by atoms with Crippen LogP contribution < -0.4 is 4.74 Å². The van der Waals surface area contributed by atoms with E-state index >= 15 is 0 Å². The molecule has 1 aliphatic heterocycles. The van der Waals surface area contributed by atoms with Crippen molar-refractivity contribution in [3.63, 3.8) is 0 Å². The van der Waals surface area contributed by atoms with Gasteiger partial charge in [-0.1, -0.05) is 72.8 Å². The molecule has 4 rings (SSSR count). The molecule has 5 nitrogen and oxygen atoms in total. The lowest BCUT2D eigenvalue weighted by molar-refractivity contribution is 0.0401. The zero-order chi connectivity index (χ0) is 22.9. The molecule has 33 heavy (non-hydrogen) atoms. The molecule has 1 fully saturated rings. The molecule has 0 aliphatic carbocycles. The molecule has 1 unspecified atom stereocenters. The number of benzene rings is 3. The second-order valence-corrected chi connectivity index (χ2v) is 8.50. The van der Waals surface area contributed by atoms with Crippen molar-refractivity contribution in [1.82, 2.24) is 9.80 Å². The molecule has 1 saturated heterocycles. The molecule has 0 amide bonds. The Labute approximate surface area is 196 Å². The smallest absolute Gasteiger partial charge is 0.119 e. The number of hydrogen-bond donors (Lipinski definition) is 1. The first-order chi connectivity index (χ1) is 16.2. The molecule has 170 valence electrons. The van der Waals surface area contributed by atoms with Crippen molar-refractivity contribution in [1.29, 1.82) is 5.26 Å². The van der Waals surface area contributed by atoms with Gasteiger partial charge in [-0.25, -0.2) is 0 Å². The van der Waals surface area contributed by atoms with Crippen LogP contribution >= 0.6 is 0 Å². The number of ether oxygens (including phenoxy) is 1. The molecule has 0 radical (unpaired) electrons. The second kappa shape index (κ2) is 11.6. The maximum atomic E-state index is 10.5. The Bertz CT molecular complexity index is 971. The minimum Gasteiger partial charge on any atom is -0.491 e. The van der Waals surface area contributed by atoms with Crippen LogP contribution in [0.1, 0.15) is 22.7 Å².